The number of nitrogens with zero attached hydrogens (tertiary/aromatic N) is 1. The fraction of sp³-hybridized carbons (Fsp3) is 0.429. The van der Waals surface area contributed by atoms with Crippen LogP contribution in [0.25, 0.3) is 0 Å². The van der Waals surface area contributed by atoms with Gasteiger partial charge in [-0.25, -0.2) is 4.39 Å². The smallest absolute Gasteiger partial charge is 0.305 e. The first kappa shape index (κ1) is 16.9. The van der Waals surface area contributed by atoms with Crippen LogP contribution in [0.3, 0.4) is 0 Å². The van der Waals surface area contributed by atoms with E-state index in [9.17, 15) is 14.0 Å². The van der Waals surface area contributed by atoms with Crippen LogP contribution in [-0.2, 0) is 16.1 Å². The number of carboxylic acids is 2. The molecule has 3 N–H and O–H groups in total. The molecular weight excluding hydrogens is 279 g/mol. The molecule has 0 aliphatic heterocycles. The Labute approximate surface area is 122 Å². The lowest BCUT2D eigenvalue weighted by molar-refractivity contribution is -0.137. The standard InChI is InChI=1S/C14H19FN2O4/c1-17(7-5-14(20)21)12-8-10(2-3-11(12)15)9-16-6-4-13(18)19/h2-3,8,16H,4-7,9H2,1H3,(H,18,19)(H,20,21). The number of hydrogen-bond donors (Lipinski definition) is 3. The van der Waals surface area contributed by atoms with Gasteiger partial charge in [-0.05, 0) is 17.7 Å². The molecule has 0 amide bonds. The van der Waals surface area contributed by atoms with E-state index in [1.54, 1.807) is 24.1 Å². The molecule has 0 heterocycles. The lowest BCUT2D eigenvalue weighted by Crippen LogP contribution is -2.23. The van der Waals surface area contributed by atoms with Crippen LogP contribution in [-0.4, -0.2) is 42.3 Å². The van der Waals surface area contributed by atoms with E-state index in [0.717, 1.165) is 5.56 Å². The van der Waals surface area contributed by atoms with E-state index in [1.807, 2.05) is 0 Å². The van der Waals surface area contributed by atoms with Crippen molar-refractivity contribution >= 4 is 17.6 Å². The number of aliphatic carboxylic acids is 2. The summed E-state index contributed by atoms with van der Waals surface area (Å²) in [5.41, 5.74) is 1.13. The predicted octanol–water partition coefficient (Wildman–Crippen LogP) is 1.30. The number of carboxylic acid groups (broad SMARTS) is 2. The molecule has 0 bridgehead atoms. The molecule has 1 aromatic rings. The minimum absolute atomic E-state index is 0.0204. The normalized spacial score (nSPS) is 10.4. The van der Waals surface area contributed by atoms with Crippen molar-refractivity contribution in [1.82, 2.24) is 5.32 Å². The highest BCUT2D eigenvalue weighted by Gasteiger charge is 2.10. The Balaban J connectivity index is 2.61. The van der Waals surface area contributed by atoms with E-state index in [1.165, 1.54) is 6.07 Å². The quantitative estimate of drug-likeness (QED) is 0.595. The summed E-state index contributed by atoms with van der Waals surface area (Å²) in [6.07, 6.45) is -0.0520. The molecule has 0 saturated carbocycles. The van der Waals surface area contributed by atoms with Gasteiger partial charge < -0.3 is 20.4 Å². The van der Waals surface area contributed by atoms with Crippen LogP contribution in [0.1, 0.15) is 18.4 Å². The molecule has 6 nitrogen and oxygen atoms in total. The van der Waals surface area contributed by atoms with Crippen molar-refractivity contribution in [1.29, 1.82) is 0 Å². The van der Waals surface area contributed by atoms with E-state index in [-0.39, 0.29) is 19.4 Å². The van der Waals surface area contributed by atoms with E-state index in [0.29, 0.717) is 18.8 Å². The maximum atomic E-state index is 13.8. The summed E-state index contributed by atoms with van der Waals surface area (Å²) < 4.78 is 13.8. The van der Waals surface area contributed by atoms with Gasteiger partial charge in [0, 0.05) is 26.7 Å². The summed E-state index contributed by atoms with van der Waals surface area (Å²) in [6.45, 7) is 0.965. The molecule has 0 unspecified atom stereocenters. The highest BCUT2D eigenvalue weighted by atomic mass is 19.1. The summed E-state index contributed by atoms with van der Waals surface area (Å²) in [4.78, 5) is 22.5. The highest BCUT2D eigenvalue weighted by Crippen LogP contribution is 2.20. The summed E-state index contributed by atoms with van der Waals surface area (Å²) in [6, 6.07) is 4.56. The van der Waals surface area contributed by atoms with Crippen LogP contribution in [0, 0.1) is 5.82 Å². The Bertz CT molecular complexity index is 508. The van der Waals surface area contributed by atoms with Crippen LogP contribution in [0.4, 0.5) is 10.1 Å². The fourth-order valence-electron chi connectivity index (χ4n) is 1.77. The van der Waals surface area contributed by atoms with Crippen LogP contribution in [0.2, 0.25) is 0 Å². The summed E-state index contributed by atoms with van der Waals surface area (Å²) >= 11 is 0. The molecular formula is C14H19FN2O4. The number of halogens is 1. The van der Waals surface area contributed by atoms with E-state index in [4.69, 9.17) is 10.2 Å². The van der Waals surface area contributed by atoms with Crippen LogP contribution in [0.5, 0.6) is 0 Å². The Kier molecular flexibility index (Phi) is 6.61. The van der Waals surface area contributed by atoms with Gasteiger partial charge in [0.15, 0.2) is 0 Å². The first-order chi connectivity index (χ1) is 9.90. The van der Waals surface area contributed by atoms with E-state index < -0.39 is 17.8 Å². The van der Waals surface area contributed by atoms with Crippen LogP contribution < -0.4 is 10.2 Å². The van der Waals surface area contributed by atoms with Crippen molar-refractivity contribution in [3.8, 4) is 0 Å². The second-order valence-corrected chi connectivity index (χ2v) is 4.67. The van der Waals surface area contributed by atoms with Gasteiger partial charge in [0.2, 0.25) is 0 Å². The topological polar surface area (TPSA) is 89.9 Å². The molecule has 21 heavy (non-hydrogen) atoms. The molecule has 1 rings (SSSR count). The second kappa shape index (κ2) is 8.21. The van der Waals surface area contributed by atoms with Crippen LogP contribution >= 0.6 is 0 Å². The second-order valence-electron chi connectivity index (χ2n) is 4.67. The number of rotatable bonds is 9. The average molecular weight is 298 g/mol. The molecule has 0 saturated heterocycles. The summed E-state index contributed by atoms with van der Waals surface area (Å²) in [5, 5.41) is 20.1. The van der Waals surface area contributed by atoms with Crippen molar-refractivity contribution in [2.24, 2.45) is 0 Å². The Hall–Kier alpha value is -2.15. The van der Waals surface area contributed by atoms with Gasteiger partial charge in [0.25, 0.3) is 0 Å². The van der Waals surface area contributed by atoms with Crippen molar-refractivity contribution in [2.45, 2.75) is 19.4 Å². The third-order valence-corrected chi connectivity index (χ3v) is 2.93. The lowest BCUT2D eigenvalue weighted by Gasteiger charge is -2.20. The average Bonchev–Trinajstić information content (AvgIpc) is 2.42. The van der Waals surface area contributed by atoms with E-state index >= 15 is 0 Å². The molecule has 0 aromatic heterocycles. The zero-order chi connectivity index (χ0) is 15.8. The van der Waals surface area contributed by atoms with Crippen LogP contribution in [0.15, 0.2) is 18.2 Å². The lowest BCUT2D eigenvalue weighted by atomic mass is 10.1. The van der Waals surface area contributed by atoms with Gasteiger partial charge in [-0.15, -0.1) is 0 Å². The number of nitrogens with one attached hydrogen (secondary N) is 1. The van der Waals surface area contributed by atoms with E-state index in [2.05, 4.69) is 5.32 Å². The zero-order valence-corrected chi connectivity index (χ0v) is 11.8. The molecule has 0 atom stereocenters. The van der Waals surface area contributed by atoms with Gasteiger partial charge in [0.1, 0.15) is 5.82 Å². The molecule has 0 radical (unpaired) electrons. The minimum atomic E-state index is -0.936. The number of carbonyl (C=O) groups is 2. The number of benzene rings is 1. The monoisotopic (exact) mass is 298 g/mol. The number of hydrogen-bond acceptors (Lipinski definition) is 4. The van der Waals surface area contributed by atoms with Gasteiger partial charge in [-0.2, -0.15) is 0 Å². The molecule has 0 aliphatic carbocycles. The number of anilines is 1. The minimum Gasteiger partial charge on any atom is -0.481 e. The third-order valence-electron chi connectivity index (χ3n) is 2.93. The molecule has 7 heteroatoms. The van der Waals surface area contributed by atoms with Gasteiger partial charge in [0.05, 0.1) is 18.5 Å². The fourth-order valence-corrected chi connectivity index (χ4v) is 1.77. The molecule has 0 spiro atoms. The maximum Gasteiger partial charge on any atom is 0.305 e. The van der Waals surface area contributed by atoms with Gasteiger partial charge in [-0.3, -0.25) is 9.59 Å². The summed E-state index contributed by atoms with van der Waals surface area (Å²) in [5.74, 6) is -2.23. The Morgan fingerprint density at radius 1 is 1.24 bits per heavy atom. The summed E-state index contributed by atoms with van der Waals surface area (Å²) in [7, 11) is 1.63. The zero-order valence-electron chi connectivity index (χ0n) is 11.8. The van der Waals surface area contributed by atoms with Crippen molar-refractivity contribution in [3.05, 3.63) is 29.6 Å². The first-order valence-electron chi connectivity index (χ1n) is 6.54. The van der Waals surface area contributed by atoms with Crippen molar-refractivity contribution < 1.29 is 24.2 Å². The molecule has 116 valence electrons. The maximum absolute atomic E-state index is 13.8. The third kappa shape index (κ3) is 6.22. The first-order valence-corrected chi connectivity index (χ1v) is 6.54. The SMILES string of the molecule is CN(CCC(=O)O)c1cc(CNCCC(=O)O)ccc1F. The molecule has 1 aromatic carbocycles. The van der Waals surface area contributed by atoms with Crippen molar-refractivity contribution in [2.75, 3.05) is 25.0 Å². The molecule has 0 fully saturated rings. The highest BCUT2D eigenvalue weighted by molar-refractivity contribution is 5.67. The Morgan fingerprint density at radius 3 is 2.52 bits per heavy atom. The largest absolute Gasteiger partial charge is 0.481 e. The van der Waals surface area contributed by atoms with Gasteiger partial charge in [-0.1, -0.05) is 6.07 Å². The Morgan fingerprint density at radius 2 is 1.90 bits per heavy atom. The van der Waals surface area contributed by atoms with Crippen molar-refractivity contribution in [3.63, 3.8) is 0 Å². The molecule has 0 aliphatic rings. The predicted molar refractivity (Wildman–Crippen MR) is 75.9 cm³/mol. The van der Waals surface area contributed by atoms with Gasteiger partial charge >= 0.3 is 11.9 Å².